The number of hydrogen-bond acceptors (Lipinski definition) is 3. The predicted molar refractivity (Wildman–Crippen MR) is 245 cm³/mol. The van der Waals surface area contributed by atoms with E-state index < -0.39 is 0 Å². The molecule has 56 heavy (non-hydrogen) atoms. The van der Waals surface area contributed by atoms with E-state index in [1.54, 1.807) is 11.3 Å². The fourth-order valence-corrected chi connectivity index (χ4v) is 8.95. The monoisotopic (exact) mass is 719 g/mol. The van der Waals surface area contributed by atoms with Crippen molar-refractivity contribution in [3.63, 3.8) is 0 Å². The van der Waals surface area contributed by atoms with Crippen molar-refractivity contribution in [3.05, 3.63) is 158 Å². The summed E-state index contributed by atoms with van der Waals surface area (Å²) in [5.74, 6) is 0. The minimum atomic E-state index is 0.196. The van der Waals surface area contributed by atoms with Gasteiger partial charge in [-0.2, -0.15) is 0 Å². The number of fused-ring (bicyclic) bond motifs is 6. The van der Waals surface area contributed by atoms with E-state index in [9.17, 15) is 0 Å². The van der Waals surface area contributed by atoms with Gasteiger partial charge in [-0.1, -0.05) is 108 Å². The van der Waals surface area contributed by atoms with Gasteiger partial charge in [-0.3, -0.25) is 0 Å². The Labute approximate surface area is 335 Å². The molecule has 0 amide bonds. The average molecular weight is 719 g/mol. The Hall–Kier alpha value is -6.10. The lowest BCUT2D eigenvalue weighted by atomic mass is 9.60. The van der Waals surface area contributed by atoms with Crippen LogP contribution in [0.5, 0.6) is 0 Å². The van der Waals surface area contributed by atoms with Crippen molar-refractivity contribution in [2.45, 2.75) is 0 Å². The molecular weight excluding hydrogens is 693 g/mol. The van der Waals surface area contributed by atoms with Crippen LogP contribution in [0.1, 0.15) is 0 Å². The van der Waals surface area contributed by atoms with Crippen LogP contribution in [0, 0.1) is 0 Å². The second kappa shape index (κ2) is 13.6. The second-order valence-corrected chi connectivity index (χ2v) is 15.1. The number of anilines is 3. The minimum Gasteiger partial charge on any atom is -0.455 e. The van der Waals surface area contributed by atoms with Crippen LogP contribution in [0.15, 0.2) is 162 Å². The molecule has 10 radical (unpaired) electrons. The Kier molecular flexibility index (Phi) is 8.34. The fraction of sp³-hybridized carbons (Fsp3) is 0. The van der Waals surface area contributed by atoms with Gasteiger partial charge in [0.05, 0.1) is 0 Å². The summed E-state index contributed by atoms with van der Waals surface area (Å²) in [5.41, 5.74) is 11.8. The molecule has 10 rings (SSSR count). The van der Waals surface area contributed by atoms with Crippen LogP contribution in [0.25, 0.3) is 75.5 Å². The van der Waals surface area contributed by atoms with Gasteiger partial charge < -0.3 is 9.32 Å². The Morgan fingerprint density at radius 3 is 1.71 bits per heavy atom. The van der Waals surface area contributed by atoms with Crippen molar-refractivity contribution in [3.8, 4) is 33.4 Å². The maximum atomic E-state index is 6.46. The summed E-state index contributed by atoms with van der Waals surface area (Å²) < 4.78 is 8.96. The molecule has 2 aromatic heterocycles. The number of rotatable bonds is 6. The van der Waals surface area contributed by atoms with Crippen LogP contribution < -0.4 is 32.2 Å². The van der Waals surface area contributed by atoms with Crippen LogP contribution in [-0.2, 0) is 0 Å². The lowest BCUT2D eigenvalue weighted by Crippen LogP contribution is -2.55. The maximum Gasteiger partial charge on any atom is 0.143 e. The Bertz CT molecular complexity index is 3110. The van der Waals surface area contributed by atoms with Gasteiger partial charge in [0.15, 0.2) is 0 Å². The number of benzene rings is 8. The summed E-state index contributed by atoms with van der Waals surface area (Å²) >= 11 is 1.80. The zero-order valence-corrected chi connectivity index (χ0v) is 31.0. The molecule has 0 bridgehead atoms. The molecule has 0 unspecified atom stereocenters. The van der Waals surface area contributed by atoms with E-state index >= 15 is 0 Å². The quantitative estimate of drug-likeness (QED) is 0.161. The van der Waals surface area contributed by atoms with Crippen molar-refractivity contribution in [2.24, 2.45) is 0 Å². The number of thiophene rings is 1. The van der Waals surface area contributed by atoms with E-state index in [1.165, 1.54) is 20.2 Å². The highest BCUT2D eigenvalue weighted by molar-refractivity contribution is 7.25. The first-order valence-electron chi connectivity index (χ1n) is 18.3. The van der Waals surface area contributed by atoms with Crippen molar-refractivity contribution < 1.29 is 4.42 Å². The van der Waals surface area contributed by atoms with Gasteiger partial charge >= 0.3 is 0 Å². The molecule has 0 atom stereocenters. The van der Waals surface area contributed by atoms with E-state index in [0.717, 1.165) is 66.8 Å². The first-order chi connectivity index (χ1) is 27.3. The van der Waals surface area contributed by atoms with E-state index in [2.05, 4.69) is 144 Å². The van der Waals surface area contributed by atoms with Crippen LogP contribution >= 0.6 is 11.3 Å². The molecule has 0 fully saturated rings. The van der Waals surface area contributed by atoms with Crippen molar-refractivity contribution in [1.29, 1.82) is 0 Å². The lowest BCUT2D eigenvalue weighted by Gasteiger charge is -2.27. The van der Waals surface area contributed by atoms with Crippen molar-refractivity contribution in [2.75, 3.05) is 4.90 Å². The van der Waals surface area contributed by atoms with Gasteiger partial charge in [0, 0.05) is 53.6 Å². The third kappa shape index (κ3) is 5.62. The van der Waals surface area contributed by atoms with Gasteiger partial charge in [0.2, 0.25) is 0 Å². The highest BCUT2D eigenvalue weighted by Gasteiger charge is 2.18. The van der Waals surface area contributed by atoms with Gasteiger partial charge in [-0.25, -0.2) is 0 Å². The van der Waals surface area contributed by atoms with Gasteiger partial charge in [0.1, 0.15) is 50.4 Å². The standard InChI is InChI=1S/C48H26B5NOS/c49-43-42(44(50)46(52)47(53)45(43)51)29-15-20-32(21-16-29)54(33-22-24-41-38(26-33)35-9-4-5-12-40(35)56-41)31-18-13-27(14-19-31)30-17-23-39-37(25-30)36-11-6-10-34(48(36)55-39)28-7-2-1-3-8-28/h1-26H. The maximum absolute atomic E-state index is 6.46. The predicted octanol–water partition coefficient (Wildman–Crippen LogP) is 8.39. The molecule has 10 aromatic rings. The Morgan fingerprint density at radius 1 is 0.393 bits per heavy atom. The smallest absolute Gasteiger partial charge is 0.143 e. The summed E-state index contributed by atoms with van der Waals surface area (Å²) in [6, 6.07) is 55.1. The third-order valence-corrected chi connectivity index (χ3v) is 11.9. The Balaban J connectivity index is 1.07. The first kappa shape index (κ1) is 34.4. The van der Waals surface area contributed by atoms with Crippen molar-refractivity contribution in [1.82, 2.24) is 0 Å². The van der Waals surface area contributed by atoms with Crippen LogP contribution in [0.4, 0.5) is 17.1 Å². The molecule has 250 valence electrons. The van der Waals surface area contributed by atoms with Crippen LogP contribution in [0.2, 0.25) is 0 Å². The zero-order chi connectivity index (χ0) is 38.1. The zero-order valence-electron chi connectivity index (χ0n) is 30.2. The lowest BCUT2D eigenvalue weighted by molar-refractivity contribution is 0.670. The van der Waals surface area contributed by atoms with Gasteiger partial charge in [-0.15, -0.1) is 27.7 Å². The first-order valence-corrected chi connectivity index (χ1v) is 19.1. The average Bonchev–Trinajstić information content (AvgIpc) is 3.81. The van der Waals surface area contributed by atoms with Crippen LogP contribution in [0.3, 0.4) is 0 Å². The normalized spacial score (nSPS) is 11.6. The third-order valence-electron chi connectivity index (χ3n) is 10.8. The molecular formula is C48H26B5NOS. The molecule has 0 aliphatic carbocycles. The minimum absolute atomic E-state index is 0.196. The molecule has 8 aromatic carbocycles. The highest BCUT2D eigenvalue weighted by atomic mass is 32.1. The molecule has 0 saturated heterocycles. The summed E-state index contributed by atoms with van der Waals surface area (Å²) in [4.78, 5) is 2.26. The van der Waals surface area contributed by atoms with E-state index in [0.29, 0.717) is 16.5 Å². The molecule has 0 saturated carbocycles. The molecule has 0 N–H and O–H groups in total. The molecule has 0 aliphatic heterocycles. The van der Waals surface area contributed by atoms with E-state index in [1.807, 2.05) is 18.2 Å². The molecule has 2 nitrogen and oxygen atoms in total. The SMILES string of the molecule is [B]c1c([B])c([B])c(-c2ccc(N(c3ccc(-c4ccc5oc6c(-c7ccccc7)cccc6c5c4)cc3)c3ccc4sc5ccccc5c4c3)cc2)c([B])c1[B]. The molecule has 0 spiro atoms. The summed E-state index contributed by atoms with van der Waals surface area (Å²) in [7, 11) is 31.4. The molecule has 0 aliphatic rings. The topological polar surface area (TPSA) is 16.4 Å². The van der Waals surface area contributed by atoms with Gasteiger partial charge in [0.25, 0.3) is 0 Å². The fourth-order valence-electron chi connectivity index (χ4n) is 7.86. The number of hydrogen-bond donors (Lipinski definition) is 0. The largest absolute Gasteiger partial charge is 0.455 e. The summed E-state index contributed by atoms with van der Waals surface area (Å²) in [5, 5.41) is 4.63. The van der Waals surface area contributed by atoms with Gasteiger partial charge in [-0.05, 0) is 88.5 Å². The second-order valence-electron chi connectivity index (χ2n) is 14.0. The number of para-hydroxylation sites is 1. The summed E-state index contributed by atoms with van der Waals surface area (Å²) in [6.45, 7) is 0. The highest BCUT2D eigenvalue weighted by Crippen LogP contribution is 2.42. The van der Waals surface area contributed by atoms with Crippen LogP contribution in [-0.4, -0.2) is 39.2 Å². The van der Waals surface area contributed by atoms with E-state index in [-0.39, 0.29) is 16.4 Å². The number of nitrogens with zero attached hydrogens (tertiary/aromatic N) is 1. The summed E-state index contributed by atoms with van der Waals surface area (Å²) in [6.07, 6.45) is 0. The Morgan fingerprint density at radius 2 is 0.982 bits per heavy atom. The molecule has 8 heteroatoms. The van der Waals surface area contributed by atoms with E-state index in [4.69, 9.17) is 43.6 Å². The number of furan rings is 1. The molecule has 2 heterocycles. The van der Waals surface area contributed by atoms with Crippen molar-refractivity contribution >= 4 is 137 Å².